The molecule has 2 aromatic heterocycles. The lowest BCUT2D eigenvalue weighted by Gasteiger charge is -2.18. The summed E-state index contributed by atoms with van der Waals surface area (Å²) in [6.45, 7) is 4.37. The largest absolute Gasteiger partial charge is 0.453 e. The molecule has 2 heterocycles. The van der Waals surface area contributed by atoms with Crippen LogP contribution in [0.5, 0.6) is 0 Å². The first kappa shape index (κ1) is 24.0. The zero-order valence-corrected chi connectivity index (χ0v) is 20.0. The van der Waals surface area contributed by atoms with Gasteiger partial charge in [-0.1, -0.05) is 30.3 Å². The molecule has 0 saturated heterocycles. The Labute approximate surface area is 204 Å². The van der Waals surface area contributed by atoms with E-state index in [0.717, 1.165) is 21.9 Å². The summed E-state index contributed by atoms with van der Waals surface area (Å²) in [5.74, 6) is -2.85. The van der Waals surface area contributed by atoms with Crippen LogP contribution in [0.4, 0.5) is 15.2 Å². The highest BCUT2D eigenvalue weighted by Gasteiger charge is 2.27. The molecule has 2 aromatic carbocycles. The van der Waals surface area contributed by atoms with Gasteiger partial charge in [0.1, 0.15) is 12.4 Å². The minimum Gasteiger partial charge on any atom is -0.453 e. The van der Waals surface area contributed by atoms with Gasteiger partial charge < -0.3 is 4.74 Å². The molecule has 178 valence electrons. The number of thiazole rings is 1. The maximum Gasteiger partial charge on any atom is 0.380 e. The van der Waals surface area contributed by atoms with E-state index in [0.29, 0.717) is 17.1 Å². The van der Waals surface area contributed by atoms with Crippen molar-refractivity contribution in [2.75, 3.05) is 4.90 Å². The van der Waals surface area contributed by atoms with Crippen LogP contribution < -0.4 is 4.90 Å². The number of para-hydroxylation sites is 2. The number of amides is 1. The summed E-state index contributed by atoms with van der Waals surface area (Å²) in [5, 5.41) is 6.18. The Morgan fingerprint density at radius 2 is 1.74 bits per heavy atom. The molecule has 8 nitrogen and oxygen atoms in total. The molecular formula is C25H21FN4O4S. The molecule has 0 atom stereocenters. The van der Waals surface area contributed by atoms with Gasteiger partial charge in [-0.25, -0.2) is 18.9 Å². The monoisotopic (exact) mass is 492 g/mol. The standard InChI is InChI=1S/C25H21FN4O4S/c1-15-22(16(2)30(28-15)19-9-5-4-6-10-19)23(32)24(33)34-13-18-14-35-25(27-18)29(17(3)31)21-12-8-7-11-20(21)26/h4-12,14H,13H2,1-3H3. The average molecular weight is 493 g/mol. The number of benzene rings is 2. The normalized spacial score (nSPS) is 10.7. The number of carbonyl (C=O) groups is 3. The fourth-order valence-electron chi connectivity index (χ4n) is 3.60. The second kappa shape index (κ2) is 9.98. The Balaban J connectivity index is 1.48. The zero-order valence-electron chi connectivity index (χ0n) is 19.2. The quantitative estimate of drug-likeness (QED) is 0.211. The van der Waals surface area contributed by atoms with E-state index in [1.165, 1.54) is 25.1 Å². The molecule has 4 aromatic rings. The van der Waals surface area contributed by atoms with Crippen LogP contribution in [-0.2, 0) is 20.9 Å². The van der Waals surface area contributed by atoms with Crippen molar-refractivity contribution >= 4 is 39.8 Å². The molecule has 0 aliphatic rings. The highest BCUT2D eigenvalue weighted by atomic mass is 32.1. The van der Waals surface area contributed by atoms with Crippen molar-refractivity contribution in [1.82, 2.24) is 14.8 Å². The van der Waals surface area contributed by atoms with Gasteiger partial charge >= 0.3 is 5.97 Å². The summed E-state index contributed by atoms with van der Waals surface area (Å²) in [6.07, 6.45) is 0. The van der Waals surface area contributed by atoms with Crippen molar-refractivity contribution in [3.05, 3.63) is 88.4 Å². The SMILES string of the molecule is CC(=O)N(c1nc(COC(=O)C(=O)c2c(C)nn(-c3ccccc3)c2C)cs1)c1ccccc1F. The maximum atomic E-state index is 14.2. The van der Waals surface area contributed by atoms with Crippen molar-refractivity contribution in [2.24, 2.45) is 0 Å². The number of ether oxygens (including phenoxy) is 1. The van der Waals surface area contributed by atoms with E-state index >= 15 is 0 Å². The van der Waals surface area contributed by atoms with Gasteiger partial charge in [-0.2, -0.15) is 5.10 Å². The molecule has 0 N–H and O–H groups in total. The van der Waals surface area contributed by atoms with Crippen LogP contribution in [0.1, 0.15) is 34.4 Å². The van der Waals surface area contributed by atoms with Crippen LogP contribution >= 0.6 is 11.3 Å². The molecule has 0 aliphatic carbocycles. The van der Waals surface area contributed by atoms with Gasteiger partial charge in [0.25, 0.3) is 5.78 Å². The fraction of sp³-hybridized carbons (Fsp3) is 0.160. The number of aryl methyl sites for hydroxylation is 1. The average Bonchev–Trinajstić information content (AvgIpc) is 3.42. The van der Waals surface area contributed by atoms with E-state index in [1.54, 1.807) is 30.0 Å². The minimum atomic E-state index is -1.05. The first-order valence-electron chi connectivity index (χ1n) is 10.6. The van der Waals surface area contributed by atoms with Crippen LogP contribution in [0.3, 0.4) is 0 Å². The highest BCUT2D eigenvalue weighted by Crippen LogP contribution is 2.31. The summed E-state index contributed by atoms with van der Waals surface area (Å²) >= 11 is 1.09. The van der Waals surface area contributed by atoms with Gasteiger partial charge in [0.05, 0.1) is 34.0 Å². The third-order valence-electron chi connectivity index (χ3n) is 5.19. The van der Waals surface area contributed by atoms with Crippen LogP contribution in [0, 0.1) is 19.7 Å². The Morgan fingerprint density at radius 3 is 2.43 bits per heavy atom. The Kier molecular flexibility index (Phi) is 6.83. The molecule has 0 aliphatic heterocycles. The smallest absolute Gasteiger partial charge is 0.380 e. The molecule has 0 fully saturated rings. The van der Waals surface area contributed by atoms with Crippen molar-refractivity contribution in [1.29, 1.82) is 0 Å². The number of nitrogens with zero attached hydrogens (tertiary/aromatic N) is 4. The number of anilines is 2. The maximum absolute atomic E-state index is 14.2. The number of Topliss-reactive ketones (excluding diaryl/α,β-unsaturated/α-hetero) is 1. The van der Waals surface area contributed by atoms with Crippen LogP contribution in [0.25, 0.3) is 5.69 Å². The fourth-order valence-corrected chi connectivity index (χ4v) is 4.47. The van der Waals surface area contributed by atoms with Crippen LogP contribution in [0.15, 0.2) is 60.0 Å². The minimum absolute atomic E-state index is 0.0643. The third kappa shape index (κ3) is 4.87. The summed E-state index contributed by atoms with van der Waals surface area (Å²) < 4.78 is 21.0. The number of esters is 1. The van der Waals surface area contributed by atoms with Crippen LogP contribution in [0.2, 0.25) is 0 Å². The van der Waals surface area contributed by atoms with E-state index in [-0.39, 0.29) is 23.0 Å². The Morgan fingerprint density at radius 1 is 1.06 bits per heavy atom. The van der Waals surface area contributed by atoms with Crippen LogP contribution in [-0.4, -0.2) is 32.4 Å². The molecule has 4 rings (SSSR count). The number of carbonyl (C=O) groups excluding carboxylic acids is 3. The van der Waals surface area contributed by atoms with Gasteiger partial charge in [-0.05, 0) is 38.1 Å². The highest BCUT2D eigenvalue weighted by molar-refractivity contribution is 7.14. The van der Waals surface area contributed by atoms with Gasteiger partial charge in [-0.3, -0.25) is 14.5 Å². The van der Waals surface area contributed by atoms with E-state index < -0.39 is 23.5 Å². The number of halogens is 1. The van der Waals surface area contributed by atoms with E-state index in [4.69, 9.17) is 4.74 Å². The van der Waals surface area contributed by atoms with E-state index in [1.807, 2.05) is 30.3 Å². The predicted octanol–water partition coefficient (Wildman–Crippen LogP) is 4.70. The molecule has 0 saturated carbocycles. The number of rotatable bonds is 7. The summed E-state index contributed by atoms with van der Waals surface area (Å²) in [4.78, 5) is 43.0. The molecule has 0 unspecified atom stereocenters. The molecule has 0 spiro atoms. The Bertz CT molecular complexity index is 1410. The van der Waals surface area contributed by atoms with Crippen molar-refractivity contribution in [2.45, 2.75) is 27.4 Å². The van der Waals surface area contributed by atoms with Crippen molar-refractivity contribution in [3.63, 3.8) is 0 Å². The van der Waals surface area contributed by atoms with Crippen molar-refractivity contribution in [3.8, 4) is 5.69 Å². The first-order chi connectivity index (χ1) is 16.8. The molecule has 35 heavy (non-hydrogen) atoms. The second-order valence-corrected chi connectivity index (χ2v) is 8.46. The molecule has 0 radical (unpaired) electrons. The first-order valence-corrected chi connectivity index (χ1v) is 11.5. The van der Waals surface area contributed by atoms with Gasteiger partial charge in [0, 0.05) is 12.3 Å². The zero-order chi connectivity index (χ0) is 25.1. The number of ketones is 1. The van der Waals surface area contributed by atoms with Crippen molar-refractivity contribution < 1.29 is 23.5 Å². The third-order valence-corrected chi connectivity index (χ3v) is 6.07. The van der Waals surface area contributed by atoms with Gasteiger partial charge in [-0.15, -0.1) is 11.3 Å². The van der Waals surface area contributed by atoms with E-state index in [2.05, 4.69) is 10.1 Å². The number of aromatic nitrogens is 3. The van der Waals surface area contributed by atoms with E-state index in [9.17, 15) is 18.8 Å². The number of hydrogen-bond acceptors (Lipinski definition) is 7. The van der Waals surface area contributed by atoms with Gasteiger partial charge in [0.15, 0.2) is 5.13 Å². The lowest BCUT2D eigenvalue weighted by molar-refractivity contribution is -0.139. The Hall–Kier alpha value is -4.18. The molecule has 10 heteroatoms. The lowest BCUT2D eigenvalue weighted by Crippen LogP contribution is -2.23. The number of hydrogen-bond donors (Lipinski definition) is 0. The summed E-state index contributed by atoms with van der Waals surface area (Å²) in [5.41, 5.74) is 2.26. The molecule has 0 bridgehead atoms. The summed E-state index contributed by atoms with van der Waals surface area (Å²) in [6, 6.07) is 15.1. The van der Waals surface area contributed by atoms with Gasteiger partial charge in [0.2, 0.25) is 5.91 Å². The predicted molar refractivity (Wildman–Crippen MR) is 128 cm³/mol. The topological polar surface area (TPSA) is 94.4 Å². The molecular weight excluding hydrogens is 471 g/mol. The second-order valence-electron chi connectivity index (χ2n) is 7.63. The summed E-state index contributed by atoms with van der Waals surface area (Å²) in [7, 11) is 0. The lowest BCUT2D eigenvalue weighted by atomic mass is 10.1. The molecule has 1 amide bonds.